The van der Waals surface area contributed by atoms with Crippen LogP contribution < -0.4 is 10.5 Å². The van der Waals surface area contributed by atoms with Gasteiger partial charge < -0.3 is 5.11 Å². The minimum Gasteiger partial charge on any atom is -0.465 e. The highest BCUT2D eigenvalue weighted by Gasteiger charge is 2.08. The molecule has 10 heavy (non-hydrogen) atoms. The van der Waals surface area contributed by atoms with E-state index >= 15 is 0 Å². The van der Waals surface area contributed by atoms with Crippen LogP contribution in [0.3, 0.4) is 0 Å². The first-order valence-corrected chi connectivity index (χ1v) is 6.37. The number of nitrogens with two attached hydrogens (primary N) is 1. The Bertz CT molecular complexity index is 134. The van der Waals surface area contributed by atoms with Gasteiger partial charge in [-0.05, 0) is 23.8 Å². The maximum Gasteiger partial charge on any atom is 0.406 e. The van der Waals surface area contributed by atoms with Crippen LogP contribution in [0.1, 0.15) is 0 Å². The molecule has 0 aliphatic rings. The summed E-state index contributed by atoms with van der Waals surface area (Å²) in [6.45, 7) is 0.634. The molecule has 8 heteroatoms. The summed E-state index contributed by atoms with van der Waals surface area (Å²) >= 11 is 6.74. The van der Waals surface area contributed by atoms with Gasteiger partial charge in [0.1, 0.15) is 4.71 Å². The van der Waals surface area contributed by atoms with Crippen molar-refractivity contribution in [2.75, 3.05) is 0 Å². The van der Waals surface area contributed by atoms with E-state index in [1.54, 1.807) is 0 Å². The smallest absolute Gasteiger partial charge is 0.406 e. The minimum atomic E-state index is -1.09. The molecule has 0 aliphatic carbocycles. The topological polar surface area (TPSA) is 75.3 Å². The number of rotatable bonds is 4. The molecule has 0 heterocycles. The molecular weight excluding hydrogens is 211 g/mol. The first-order chi connectivity index (χ1) is 4.70. The third-order valence-electron chi connectivity index (χ3n) is 0.504. The van der Waals surface area contributed by atoms with Crippen LogP contribution in [0.25, 0.3) is 0 Å². The summed E-state index contributed by atoms with van der Waals surface area (Å²) in [7, 11) is 0. The van der Waals surface area contributed by atoms with Crippen LogP contribution in [-0.4, -0.2) is 15.9 Å². The van der Waals surface area contributed by atoms with Crippen LogP contribution in [-0.2, 0) is 11.8 Å². The Labute approximate surface area is 73.0 Å². The van der Waals surface area contributed by atoms with Crippen molar-refractivity contribution >= 4 is 47.8 Å². The first-order valence-electron chi connectivity index (χ1n) is 2.04. The van der Waals surface area contributed by atoms with Crippen LogP contribution in [0.15, 0.2) is 0 Å². The molecule has 0 saturated carbocycles. The quantitative estimate of drug-likeness (QED) is 0.372. The van der Waals surface area contributed by atoms with Crippen molar-refractivity contribution < 1.29 is 9.90 Å². The van der Waals surface area contributed by atoms with E-state index in [-0.39, 0.29) is 4.71 Å². The lowest BCUT2D eigenvalue weighted by Gasteiger charge is -2.07. The zero-order valence-corrected chi connectivity index (χ0v) is 8.03. The van der Waals surface area contributed by atoms with E-state index in [2.05, 4.69) is 17.1 Å². The van der Waals surface area contributed by atoms with Gasteiger partial charge in [-0.25, -0.2) is 4.79 Å². The molecule has 0 aromatic rings. The van der Waals surface area contributed by atoms with Gasteiger partial charge in [-0.15, -0.1) is 0 Å². The molecule has 0 rings (SSSR count). The van der Waals surface area contributed by atoms with Gasteiger partial charge in [-0.2, -0.15) is 0 Å². The van der Waals surface area contributed by atoms with Crippen molar-refractivity contribution in [3.63, 3.8) is 0 Å². The number of amides is 1. The summed E-state index contributed by atoms with van der Waals surface area (Å²) in [5.74, 6) is 0. The Hall–Kier alpha value is 0.450. The van der Waals surface area contributed by atoms with Gasteiger partial charge >= 0.3 is 6.09 Å². The van der Waals surface area contributed by atoms with Gasteiger partial charge in [0.15, 0.2) is 0 Å². The molecule has 0 aliphatic heterocycles. The normalized spacial score (nSPS) is 12.9. The maximum absolute atomic E-state index is 10.0. The number of carboxylic acid groups (broad SMARTS) is 1. The zero-order chi connectivity index (χ0) is 7.98. The Balaban J connectivity index is 3.59. The lowest BCUT2D eigenvalue weighted by atomic mass is 11.1. The Morgan fingerprint density at radius 1 is 1.90 bits per heavy atom. The molecule has 0 spiro atoms. The fourth-order valence-corrected chi connectivity index (χ4v) is 3.32. The third-order valence-corrected chi connectivity index (χ3v) is 3.98. The highest BCUT2D eigenvalue weighted by molar-refractivity contribution is 8.60. The van der Waals surface area contributed by atoms with E-state index in [1.807, 2.05) is 0 Å². The zero-order valence-electron chi connectivity index (χ0n) is 4.68. The summed E-state index contributed by atoms with van der Waals surface area (Å²) in [6.07, 6.45) is -1.09. The van der Waals surface area contributed by atoms with Crippen LogP contribution in [0.2, 0.25) is 0 Å². The van der Waals surface area contributed by atoms with Gasteiger partial charge in [-0.3, -0.25) is 10.5 Å². The number of carbonyl (C=O) groups is 1. The fourth-order valence-electron chi connectivity index (χ4n) is 0.225. The highest BCUT2D eigenvalue weighted by Crippen LogP contribution is 2.27. The van der Waals surface area contributed by atoms with Crippen molar-refractivity contribution in [3.8, 4) is 0 Å². The lowest BCUT2D eigenvalue weighted by Crippen LogP contribution is -2.28. The monoisotopic (exact) mass is 216 g/mol. The van der Waals surface area contributed by atoms with Crippen molar-refractivity contribution in [1.82, 2.24) is 5.32 Å². The molecule has 1 amide bonds. The first kappa shape index (κ1) is 10.4. The summed E-state index contributed by atoms with van der Waals surface area (Å²) in [5, 5.41) is 15.5. The predicted octanol–water partition coefficient (Wildman–Crippen LogP) is 1.20. The van der Waals surface area contributed by atoms with Gasteiger partial charge in [-0.1, -0.05) is 11.4 Å². The second-order valence-corrected chi connectivity index (χ2v) is 5.39. The highest BCUT2D eigenvalue weighted by atomic mass is 32.9. The van der Waals surface area contributed by atoms with Gasteiger partial charge in [0.25, 0.3) is 0 Å². The molecule has 0 aromatic heterocycles. The molecule has 0 bridgehead atoms. The van der Waals surface area contributed by atoms with E-state index in [4.69, 9.17) is 10.2 Å². The largest absolute Gasteiger partial charge is 0.465 e. The van der Waals surface area contributed by atoms with Gasteiger partial charge in [0.05, 0.1) is 0 Å². The molecule has 0 aromatic carbocycles. The van der Waals surface area contributed by atoms with Crippen molar-refractivity contribution in [3.05, 3.63) is 0 Å². The summed E-state index contributed by atoms with van der Waals surface area (Å²) in [6, 6.07) is 0. The third kappa shape index (κ3) is 5.25. The van der Waals surface area contributed by atoms with Crippen LogP contribution >= 0.6 is 29.9 Å². The number of hydrogen-bond acceptors (Lipinski definition) is 5. The molecule has 4 N–H and O–H groups in total. The maximum atomic E-state index is 10.0. The van der Waals surface area contributed by atoms with Crippen LogP contribution in [0.4, 0.5) is 4.79 Å². The van der Waals surface area contributed by atoms with E-state index < -0.39 is 6.09 Å². The summed E-state index contributed by atoms with van der Waals surface area (Å²) < 4.78 is -0.364. The second kappa shape index (κ2) is 6.18. The summed E-state index contributed by atoms with van der Waals surface area (Å²) in [4.78, 5) is 10.0. The molecule has 1 unspecified atom stereocenters. The van der Waals surface area contributed by atoms with Crippen molar-refractivity contribution in [1.29, 1.82) is 0 Å². The predicted molar refractivity (Wildman–Crippen MR) is 48.6 cm³/mol. The van der Waals surface area contributed by atoms with Crippen molar-refractivity contribution in [2.45, 2.75) is 4.71 Å². The van der Waals surface area contributed by atoms with E-state index in [0.717, 1.165) is 11.9 Å². The molecule has 58 valence electrons. The lowest BCUT2D eigenvalue weighted by molar-refractivity contribution is 0.196. The molecule has 4 nitrogen and oxygen atoms in total. The van der Waals surface area contributed by atoms with E-state index in [0.29, 0.717) is 6.56 Å². The molecule has 0 saturated heterocycles. The molecule has 0 fully saturated rings. The van der Waals surface area contributed by atoms with E-state index in [1.165, 1.54) is 11.4 Å². The number of hydrogen-bond donors (Lipinski definition) is 3. The average Bonchev–Trinajstić information content (AvgIpc) is 1.86. The van der Waals surface area contributed by atoms with Crippen LogP contribution in [0, 0.1) is 0 Å². The minimum absolute atomic E-state index is 0.364. The summed E-state index contributed by atoms with van der Waals surface area (Å²) in [5.41, 5.74) is 0. The molecular formula is C2H5N2O2PS3. The standard InChI is InChI=1S/C2H5N2O2PS3/c3-9-2(10-7-8)4-1(5)6/h2,4H,3H2,(H,5,6). The van der Waals surface area contributed by atoms with Gasteiger partial charge in [0, 0.05) is 6.56 Å². The second-order valence-electron chi connectivity index (χ2n) is 1.10. The van der Waals surface area contributed by atoms with Crippen molar-refractivity contribution in [2.24, 2.45) is 5.14 Å². The SMILES string of the molecule is NSC(NC(=O)O)SP=S. The van der Waals surface area contributed by atoms with E-state index in [9.17, 15) is 4.79 Å². The molecule has 0 radical (unpaired) electrons. The Kier molecular flexibility index (Phi) is 6.46. The van der Waals surface area contributed by atoms with Gasteiger partial charge in [0.2, 0.25) is 0 Å². The average molecular weight is 216 g/mol. The molecule has 1 atom stereocenters. The Morgan fingerprint density at radius 3 is 2.80 bits per heavy atom. The fraction of sp³-hybridized carbons (Fsp3) is 0.500. The number of nitrogens with one attached hydrogen (secondary N) is 1. The van der Waals surface area contributed by atoms with Crippen LogP contribution in [0.5, 0.6) is 0 Å². The Morgan fingerprint density at radius 2 is 2.50 bits per heavy atom.